The van der Waals surface area contributed by atoms with Crippen molar-refractivity contribution in [3.05, 3.63) is 29.6 Å². The Morgan fingerprint density at radius 3 is 3.00 bits per heavy atom. The van der Waals surface area contributed by atoms with Crippen molar-refractivity contribution in [3.8, 4) is 0 Å². The Morgan fingerprint density at radius 2 is 2.20 bits per heavy atom. The maximum absolute atomic E-state index is 13.8. The number of rotatable bonds is 4. The fourth-order valence-corrected chi connectivity index (χ4v) is 2.70. The van der Waals surface area contributed by atoms with E-state index in [1.54, 1.807) is 12.1 Å². The molecular weight excluding hydrogens is 255 g/mol. The molecule has 1 aliphatic carbocycles. The van der Waals surface area contributed by atoms with Crippen molar-refractivity contribution in [1.82, 2.24) is 5.32 Å². The van der Waals surface area contributed by atoms with Crippen LogP contribution in [-0.2, 0) is 11.3 Å². The van der Waals surface area contributed by atoms with Gasteiger partial charge in [0.25, 0.3) is 0 Å². The molecule has 2 fully saturated rings. The van der Waals surface area contributed by atoms with Crippen LogP contribution in [0.3, 0.4) is 0 Å². The first-order chi connectivity index (χ1) is 9.70. The molecule has 1 heterocycles. The van der Waals surface area contributed by atoms with E-state index in [2.05, 4.69) is 23.2 Å². The molecule has 0 aromatic heterocycles. The first kappa shape index (κ1) is 13.8. The van der Waals surface area contributed by atoms with Crippen LogP contribution in [0.4, 0.5) is 10.1 Å². The molecule has 1 atom stereocenters. The topological polar surface area (TPSA) is 24.5 Å². The number of hydrogen-bond donors (Lipinski definition) is 1. The fourth-order valence-electron chi connectivity index (χ4n) is 2.70. The van der Waals surface area contributed by atoms with Gasteiger partial charge in [-0.1, -0.05) is 0 Å². The second-order valence-corrected chi connectivity index (χ2v) is 5.95. The predicted octanol–water partition coefficient (Wildman–Crippen LogP) is 2.69. The maximum atomic E-state index is 13.8. The van der Waals surface area contributed by atoms with E-state index in [0.717, 1.165) is 43.9 Å². The van der Waals surface area contributed by atoms with E-state index in [1.807, 2.05) is 0 Å². The van der Waals surface area contributed by atoms with E-state index >= 15 is 0 Å². The highest BCUT2D eigenvalue weighted by Gasteiger charge is 2.21. The van der Waals surface area contributed by atoms with Crippen LogP contribution in [-0.4, -0.2) is 31.8 Å². The third-order valence-electron chi connectivity index (χ3n) is 3.93. The molecule has 3 rings (SSSR count). The average Bonchev–Trinajstić information content (AvgIpc) is 3.23. The molecule has 1 aromatic carbocycles. The summed E-state index contributed by atoms with van der Waals surface area (Å²) in [6.07, 6.45) is 3.71. The van der Waals surface area contributed by atoms with E-state index in [4.69, 9.17) is 4.74 Å². The van der Waals surface area contributed by atoms with Gasteiger partial charge in [-0.25, -0.2) is 4.39 Å². The molecule has 0 radical (unpaired) electrons. The van der Waals surface area contributed by atoms with Gasteiger partial charge in [0.1, 0.15) is 5.82 Å². The van der Waals surface area contributed by atoms with Gasteiger partial charge >= 0.3 is 0 Å². The molecule has 3 nitrogen and oxygen atoms in total. The van der Waals surface area contributed by atoms with Crippen molar-refractivity contribution in [2.24, 2.45) is 0 Å². The van der Waals surface area contributed by atoms with Crippen molar-refractivity contribution < 1.29 is 9.13 Å². The van der Waals surface area contributed by atoms with Crippen molar-refractivity contribution >= 4 is 5.69 Å². The summed E-state index contributed by atoms with van der Waals surface area (Å²) in [6, 6.07) is 6.03. The molecule has 0 bridgehead atoms. The van der Waals surface area contributed by atoms with Gasteiger partial charge in [-0.15, -0.1) is 0 Å². The summed E-state index contributed by atoms with van der Waals surface area (Å²) in [7, 11) is 0. The summed E-state index contributed by atoms with van der Waals surface area (Å²) >= 11 is 0. The SMILES string of the molecule is CC1CN(c2cc(F)cc(CNC3CC3)c2)CCCO1. The Kier molecular flexibility index (Phi) is 4.22. The van der Waals surface area contributed by atoms with E-state index in [-0.39, 0.29) is 11.9 Å². The number of halogens is 1. The molecule has 1 aromatic rings. The molecule has 1 saturated carbocycles. The average molecular weight is 278 g/mol. The Balaban J connectivity index is 1.73. The number of benzene rings is 1. The third kappa shape index (κ3) is 3.70. The minimum Gasteiger partial charge on any atom is -0.377 e. The lowest BCUT2D eigenvalue weighted by Crippen LogP contribution is -2.30. The van der Waals surface area contributed by atoms with Crippen LogP contribution in [0.1, 0.15) is 31.7 Å². The zero-order chi connectivity index (χ0) is 13.9. The van der Waals surface area contributed by atoms with Crippen LogP contribution >= 0.6 is 0 Å². The van der Waals surface area contributed by atoms with Gasteiger partial charge in [-0.05, 0) is 49.9 Å². The first-order valence-electron chi connectivity index (χ1n) is 7.60. The zero-order valence-electron chi connectivity index (χ0n) is 12.1. The number of hydrogen-bond acceptors (Lipinski definition) is 3. The van der Waals surface area contributed by atoms with Crippen LogP contribution in [0.25, 0.3) is 0 Å². The highest BCUT2D eigenvalue weighted by Crippen LogP contribution is 2.23. The Bertz CT molecular complexity index is 462. The summed E-state index contributed by atoms with van der Waals surface area (Å²) in [5.41, 5.74) is 2.01. The van der Waals surface area contributed by atoms with Crippen molar-refractivity contribution in [2.45, 2.75) is 44.9 Å². The summed E-state index contributed by atoms with van der Waals surface area (Å²) in [6.45, 7) is 5.40. The largest absolute Gasteiger partial charge is 0.377 e. The lowest BCUT2D eigenvalue weighted by molar-refractivity contribution is 0.0821. The maximum Gasteiger partial charge on any atom is 0.125 e. The fraction of sp³-hybridized carbons (Fsp3) is 0.625. The molecule has 2 aliphatic rings. The van der Waals surface area contributed by atoms with Gasteiger partial charge in [0.15, 0.2) is 0 Å². The van der Waals surface area contributed by atoms with Crippen molar-refractivity contribution in [1.29, 1.82) is 0 Å². The highest BCUT2D eigenvalue weighted by atomic mass is 19.1. The molecule has 1 N–H and O–H groups in total. The minimum absolute atomic E-state index is 0.145. The molecule has 20 heavy (non-hydrogen) atoms. The van der Waals surface area contributed by atoms with E-state index in [0.29, 0.717) is 6.04 Å². The van der Waals surface area contributed by atoms with Crippen LogP contribution in [0, 0.1) is 5.82 Å². The standard InChI is InChI=1S/C16H23FN2O/c1-12-11-19(5-2-6-20-12)16-8-13(7-14(17)9-16)10-18-15-3-4-15/h7-9,12,15,18H,2-6,10-11H2,1H3. The number of ether oxygens (including phenoxy) is 1. The van der Waals surface area contributed by atoms with Gasteiger partial charge in [0, 0.05) is 38.0 Å². The molecule has 110 valence electrons. The van der Waals surface area contributed by atoms with E-state index in [9.17, 15) is 4.39 Å². The zero-order valence-corrected chi connectivity index (χ0v) is 12.1. The summed E-state index contributed by atoms with van der Waals surface area (Å²) in [5.74, 6) is -0.145. The van der Waals surface area contributed by atoms with Gasteiger partial charge in [-0.2, -0.15) is 0 Å². The van der Waals surface area contributed by atoms with Crippen molar-refractivity contribution in [3.63, 3.8) is 0 Å². The molecular formula is C16H23FN2O. The molecule has 1 saturated heterocycles. The molecule has 0 amide bonds. The van der Waals surface area contributed by atoms with Crippen molar-refractivity contribution in [2.75, 3.05) is 24.6 Å². The summed E-state index contributed by atoms with van der Waals surface area (Å²) < 4.78 is 19.5. The predicted molar refractivity (Wildman–Crippen MR) is 78.5 cm³/mol. The van der Waals surface area contributed by atoms with Crippen LogP contribution < -0.4 is 10.2 Å². The van der Waals surface area contributed by atoms with Crippen LogP contribution in [0.15, 0.2) is 18.2 Å². The second kappa shape index (κ2) is 6.10. The monoisotopic (exact) mass is 278 g/mol. The van der Waals surface area contributed by atoms with Gasteiger partial charge < -0.3 is 15.0 Å². The normalized spacial score (nSPS) is 23.7. The number of nitrogens with one attached hydrogen (secondary N) is 1. The number of anilines is 1. The van der Waals surface area contributed by atoms with Gasteiger partial charge in [0.05, 0.1) is 6.10 Å². The molecule has 4 heteroatoms. The summed E-state index contributed by atoms with van der Waals surface area (Å²) in [5, 5.41) is 3.44. The van der Waals surface area contributed by atoms with E-state index in [1.165, 1.54) is 12.8 Å². The summed E-state index contributed by atoms with van der Waals surface area (Å²) in [4.78, 5) is 2.24. The molecule has 0 spiro atoms. The smallest absolute Gasteiger partial charge is 0.125 e. The van der Waals surface area contributed by atoms with E-state index < -0.39 is 0 Å². The second-order valence-electron chi connectivity index (χ2n) is 5.95. The molecule has 1 unspecified atom stereocenters. The minimum atomic E-state index is -0.145. The first-order valence-corrected chi connectivity index (χ1v) is 7.60. The quantitative estimate of drug-likeness (QED) is 0.916. The Labute approximate surface area is 120 Å². The number of nitrogens with zero attached hydrogens (tertiary/aromatic N) is 1. The molecule has 1 aliphatic heterocycles. The highest BCUT2D eigenvalue weighted by molar-refractivity contribution is 5.49. The Hall–Kier alpha value is -1.13. The van der Waals surface area contributed by atoms with Crippen LogP contribution in [0.5, 0.6) is 0 Å². The van der Waals surface area contributed by atoms with Gasteiger partial charge in [-0.3, -0.25) is 0 Å². The lowest BCUT2D eigenvalue weighted by Gasteiger charge is -2.25. The lowest BCUT2D eigenvalue weighted by atomic mass is 10.1. The van der Waals surface area contributed by atoms with Gasteiger partial charge in [0.2, 0.25) is 0 Å². The van der Waals surface area contributed by atoms with Crippen LogP contribution in [0.2, 0.25) is 0 Å². The Morgan fingerprint density at radius 1 is 1.35 bits per heavy atom. The third-order valence-corrected chi connectivity index (χ3v) is 3.93.